The van der Waals surface area contributed by atoms with Crippen molar-refractivity contribution in [2.75, 3.05) is 5.32 Å². The van der Waals surface area contributed by atoms with Gasteiger partial charge in [0, 0.05) is 11.4 Å². The van der Waals surface area contributed by atoms with Crippen LogP contribution in [-0.2, 0) is 0 Å². The van der Waals surface area contributed by atoms with Crippen molar-refractivity contribution in [3.8, 4) is 0 Å². The first-order valence-electron chi connectivity index (χ1n) is 10.3. The highest BCUT2D eigenvalue weighted by molar-refractivity contribution is 6.88. The quantitative estimate of drug-likeness (QED) is 0.661. The standard InChI is InChI=1S/C19H21NSi/c1-21(2,3)19-12-10-17(11-13-19)20-18-9-8-15-6-4-5-7-16(15)14-18/h4-14,20H,1-3H3/i4D,5D,6D,7D,8D,9D,14D. The summed E-state index contributed by atoms with van der Waals surface area (Å²) in [6, 6.07) is 5.27. The van der Waals surface area contributed by atoms with Crippen LogP contribution in [0.5, 0.6) is 0 Å². The van der Waals surface area contributed by atoms with E-state index in [1.807, 2.05) is 24.3 Å². The molecular weight excluding hydrogens is 270 g/mol. The van der Waals surface area contributed by atoms with Gasteiger partial charge in [-0.1, -0.05) is 67.2 Å². The van der Waals surface area contributed by atoms with Crippen molar-refractivity contribution in [3.05, 3.63) is 66.6 Å². The molecule has 0 bridgehead atoms. The Balaban J connectivity index is 2.20. The first kappa shape index (κ1) is 7.81. The number of anilines is 2. The van der Waals surface area contributed by atoms with Gasteiger partial charge in [0.2, 0.25) is 0 Å². The molecule has 0 unspecified atom stereocenters. The SMILES string of the molecule is [2H]c1c([2H])c([2H])c2c([2H])c(Nc3ccc([Si](C)(C)C)cc3)c([2H])c([2H])c2c1[2H]. The van der Waals surface area contributed by atoms with E-state index in [2.05, 4.69) is 25.0 Å². The average molecular weight is 299 g/mol. The lowest BCUT2D eigenvalue weighted by Gasteiger charge is -2.17. The maximum Gasteiger partial charge on any atom is 0.0775 e. The molecule has 3 aromatic carbocycles. The van der Waals surface area contributed by atoms with Crippen LogP contribution < -0.4 is 10.5 Å². The van der Waals surface area contributed by atoms with E-state index >= 15 is 0 Å². The third-order valence-corrected chi connectivity index (χ3v) is 5.34. The molecule has 2 heteroatoms. The Morgan fingerprint density at radius 1 is 0.810 bits per heavy atom. The zero-order valence-electron chi connectivity index (χ0n) is 19.3. The van der Waals surface area contributed by atoms with Crippen molar-refractivity contribution in [2.24, 2.45) is 0 Å². The molecule has 0 saturated heterocycles. The van der Waals surface area contributed by atoms with Crippen LogP contribution in [0.1, 0.15) is 9.60 Å². The van der Waals surface area contributed by atoms with Gasteiger partial charge in [-0.25, -0.2) is 0 Å². The Hall–Kier alpha value is -2.06. The van der Waals surface area contributed by atoms with Gasteiger partial charge in [-0.2, -0.15) is 0 Å². The van der Waals surface area contributed by atoms with E-state index in [4.69, 9.17) is 9.60 Å². The molecule has 0 saturated carbocycles. The third kappa shape index (κ3) is 3.17. The molecule has 21 heavy (non-hydrogen) atoms. The van der Waals surface area contributed by atoms with Gasteiger partial charge in [-0.15, -0.1) is 0 Å². The second kappa shape index (κ2) is 5.38. The highest BCUT2D eigenvalue weighted by atomic mass is 28.3. The monoisotopic (exact) mass is 298 g/mol. The minimum atomic E-state index is -1.46. The second-order valence-electron chi connectivity index (χ2n) is 5.95. The lowest BCUT2D eigenvalue weighted by molar-refractivity contribution is 1.57. The number of benzene rings is 3. The molecule has 1 nitrogen and oxygen atoms in total. The number of fused-ring (bicyclic) bond motifs is 1. The molecule has 106 valence electrons. The summed E-state index contributed by atoms with van der Waals surface area (Å²) in [6.45, 7) is 6.71. The summed E-state index contributed by atoms with van der Waals surface area (Å²) in [5, 5.41) is 4.12. The number of hydrogen-bond acceptors (Lipinski definition) is 1. The third-order valence-electron chi connectivity index (χ3n) is 3.27. The summed E-state index contributed by atoms with van der Waals surface area (Å²) >= 11 is 0. The van der Waals surface area contributed by atoms with Crippen molar-refractivity contribution in [1.29, 1.82) is 0 Å². The molecule has 0 radical (unpaired) electrons. The smallest absolute Gasteiger partial charge is 0.0775 e. The Labute approximate surface area is 137 Å². The van der Waals surface area contributed by atoms with E-state index in [1.54, 1.807) is 0 Å². The van der Waals surface area contributed by atoms with Crippen LogP contribution in [-0.4, -0.2) is 8.07 Å². The first-order chi connectivity index (χ1) is 12.9. The fourth-order valence-corrected chi connectivity index (χ4v) is 3.21. The highest BCUT2D eigenvalue weighted by Gasteiger charge is 2.15. The molecule has 0 spiro atoms. The van der Waals surface area contributed by atoms with Crippen molar-refractivity contribution < 1.29 is 9.60 Å². The molecule has 1 N–H and O–H groups in total. The van der Waals surface area contributed by atoms with E-state index in [1.165, 1.54) is 5.19 Å². The van der Waals surface area contributed by atoms with E-state index in [-0.39, 0.29) is 40.6 Å². The average Bonchev–Trinajstić information content (AvgIpc) is 2.64. The van der Waals surface area contributed by atoms with E-state index in [9.17, 15) is 0 Å². The first-order valence-corrected chi connectivity index (χ1v) is 10.3. The van der Waals surface area contributed by atoms with E-state index in [0.717, 1.165) is 0 Å². The Kier molecular flexibility index (Phi) is 2.00. The zero-order valence-corrected chi connectivity index (χ0v) is 13.3. The maximum absolute atomic E-state index is 8.47. The molecule has 0 atom stereocenters. The largest absolute Gasteiger partial charge is 0.356 e. The molecule has 3 rings (SSSR count). The minimum Gasteiger partial charge on any atom is -0.356 e. The minimum absolute atomic E-state index is 0.0479. The lowest BCUT2D eigenvalue weighted by Crippen LogP contribution is -2.37. The lowest BCUT2D eigenvalue weighted by atomic mass is 10.1. The Bertz CT molecular complexity index is 1090. The van der Waals surface area contributed by atoms with Crippen molar-refractivity contribution in [1.82, 2.24) is 0 Å². The molecule has 0 aliphatic carbocycles. The molecule has 3 aromatic rings. The normalized spacial score (nSPS) is 16.2. The van der Waals surface area contributed by atoms with Crippen LogP contribution >= 0.6 is 0 Å². The Morgan fingerprint density at radius 2 is 1.48 bits per heavy atom. The predicted octanol–water partition coefficient (Wildman–Crippen LogP) is 5.13. The Morgan fingerprint density at radius 3 is 2.14 bits per heavy atom. The summed E-state index contributed by atoms with van der Waals surface area (Å²) in [7, 11) is -1.46. The van der Waals surface area contributed by atoms with Crippen LogP contribution in [0.3, 0.4) is 0 Å². The van der Waals surface area contributed by atoms with Gasteiger partial charge < -0.3 is 5.32 Å². The zero-order chi connectivity index (χ0) is 21.0. The maximum atomic E-state index is 8.47. The second-order valence-corrected chi connectivity index (χ2v) is 11.0. The molecular formula is C19H21NSi. The van der Waals surface area contributed by atoms with E-state index < -0.39 is 26.2 Å². The van der Waals surface area contributed by atoms with Gasteiger partial charge in [-0.3, -0.25) is 0 Å². The summed E-state index contributed by atoms with van der Waals surface area (Å²) < 4.78 is 56.8. The van der Waals surface area contributed by atoms with Crippen LogP contribution in [0.15, 0.2) is 66.6 Å². The van der Waals surface area contributed by atoms with Gasteiger partial charge in [0.15, 0.2) is 0 Å². The van der Waals surface area contributed by atoms with Crippen LogP contribution in [0, 0.1) is 0 Å². The fraction of sp³-hybridized carbons (Fsp3) is 0.158. The molecule has 0 heterocycles. The summed E-state index contributed by atoms with van der Waals surface area (Å²) in [6.07, 6.45) is 0. The van der Waals surface area contributed by atoms with E-state index in [0.29, 0.717) is 5.69 Å². The van der Waals surface area contributed by atoms with Gasteiger partial charge in [-0.05, 0) is 35.0 Å². The fourth-order valence-electron chi connectivity index (χ4n) is 2.04. The molecule has 0 aromatic heterocycles. The molecule has 0 aliphatic rings. The summed E-state index contributed by atoms with van der Waals surface area (Å²) in [5.41, 5.74) is 0.715. The van der Waals surface area contributed by atoms with Crippen molar-refractivity contribution in [2.45, 2.75) is 19.6 Å². The van der Waals surface area contributed by atoms with Crippen LogP contribution in [0.4, 0.5) is 11.4 Å². The number of nitrogens with one attached hydrogen (secondary N) is 1. The van der Waals surface area contributed by atoms with Crippen LogP contribution in [0.25, 0.3) is 10.8 Å². The van der Waals surface area contributed by atoms with Crippen molar-refractivity contribution >= 4 is 35.4 Å². The molecule has 0 aliphatic heterocycles. The van der Waals surface area contributed by atoms with Crippen molar-refractivity contribution in [3.63, 3.8) is 0 Å². The van der Waals surface area contributed by atoms with Gasteiger partial charge >= 0.3 is 0 Å². The molecule has 0 amide bonds. The van der Waals surface area contributed by atoms with Gasteiger partial charge in [0.05, 0.1) is 17.7 Å². The predicted molar refractivity (Wildman–Crippen MR) is 96.7 cm³/mol. The number of hydrogen-bond donors (Lipinski definition) is 1. The topological polar surface area (TPSA) is 12.0 Å². The summed E-state index contributed by atoms with van der Waals surface area (Å²) in [5.74, 6) is 0. The summed E-state index contributed by atoms with van der Waals surface area (Å²) in [4.78, 5) is 0. The number of rotatable bonds is 3. The molecule has 0 fully saturated rings. The van der Waals surface area contributed by atoms with Crippen LogP contribution in [0.2, 0.25) is 19.6 Å². The van der Waals surface area contributed by atoms with Gasteiger partial charge in [0.25, 0.3) is 0 Å². The van der Waals surface area contributed by atoms with Gasteiger partial charge in [0.1, 0.15) is 0 Å². The highest BCUT2D eigenvalue weighted by Crippen LogP contribution is 2.22.